The first-order valence-corrected chi connectivity index (χ1v) is 10.7. The number of nitrogens with zero attached hydrogens (tertiary/aromatic N) is 5. The standard InChI is InChI=1S/C23H23N5OS/c1-15-10-11-21(16(2)12-15)28-23(24-25-26-28)30-14-22(29)20-13-17(3)27(18(20)4)19-8-6-5-7-9-19/h5-13H,14H2,1-4H3. The van der Waals surface area contributed by atoms with E-state index in [1.807, 2.05) is 69.3 Å². The van der Waals surface area contributed by atoms with Gasteiger partial charge < -0.3 is 4.57 Å². The van der Waals surface area contributed by atoms with E-state index in [2.05, 4.69) is 33.1 Å². The molecule has 0 saturated carbocycles. The van der Waals surface area contributed by atoms with Crippen molar-refractivity contribution in [2.45, 2.75) is 32.9 Å². The molecule has 0 amide bonds. The smallest absolute Gasteiger partial charge is 0.214 e. The van der Waals surface area contributed by atoms with Crippen LogP contribution in [0.2, 0.25) is 0 Å². The van der Waals surface area contributed by atoms with Crippen LogP contribution in [0.5, 0.6) is 0 Å². The Balaban J connectivity index is 1.55. The van der Waals surface area contributed by atoms with Crippen LogP contribution in [0.3, 0.4) is 0 Å². The first-order chi connectivity index (χ1) is 14.5. The summed E-state index contributed by atoms with van der Waals surface area (Å²) in [5.41, 5.74) is 6.95. The van der Waals surface area contributed by atoms with Crippen molar-refractivity contribution in [2.24, 2.45) is 0 Å². The molecule has 0 aliphatic heterocycles. The molecule has 2 aromatic heterocycles. The lowest BCUT2D eigenvalue weighted by Crippen LogP contribution is -2.07. The highest BCUT2D eigenvalue weighted by atomic mass is 32.2. The second-order valence-electron chi connectivity index (χ2n) is 7.33. The number of para-hydroxylation sites is 1. The fraction of sp³-hybridized carbons (Fsp3) is 0.217. The van der Waals surface area contributed by atoms with Crippen molar-refractivity contribution in [1.29, 1.82) is 0 Å². The molecule has 4 rings (SSSR count). The molecule has 2 heterocycles. The van der Waals surface area contributed by atoms with Crippen molar-refractivity contribution < 1.29 is 4.79 Å². The lowest BCUT2D eigenvalue weighted by molar-refractivity contribution is 0.102. The maximum Gasteiger partial charge on any atom is 0.214 e. The van der Waals surface area contributed by atoms with Crippen molar-refractivity contribution in [3.05, 3.63) is 82.7 Å². The molecule has 0 atom stereocenters. The van der Waals surface area contributed by atoms with Crippen molar-refractivity contribution in [3.8, 4) is 11.4 Å². The minimum Gasteiger partial charge on any atom is -0.318 e. The van der Waals surface area contributed by atoms with Crippen LogP contribution in [0.4, 0.5) is 0 Å². The highest BCUT2D eigenvalue weighted by molar-refractivity contribution is 7.99. The number of carbonyl (C=O) groups excluding carboxylic acids is 1. The molecule has 0 radical (unpaired) electrons. The van der Waals surface area contributed by atoms with E-state index in [0.717, 1.165) is 33.9 Å². The maximum atomic E-state index is 13.0. The summed E-state index contributed by atoms with van der Waals surface area (Å²) in [6.45, 7) is 8.08. The molecule has 0 unspecified atom stereocenters. The third kappa shape index (κ3) is 3.80. The fourth-order valence-corrected chi connectivity index (χ4v) is 4.46. The highest BCUT2D eigenvalue weighted by Gasteiger charge is 2.19. The average Bonchev–Trinajstić information content (AvgIpc) is 3.31. The molecule has 4 aromatic rings. The van der Waals surface area contributed by atoms with E-state index in [1.54, 1.807) is 4.68 Å². The predicted octanol–water partition coefficient (Wildman–Crippen LogP) is 4.66. The van der Waals surface area contributed by atoms with Gasteiger partial charge in [-0.2, -0.15) is 4.68 Å². The first kappa shape index (κ1) is 20.1. The van der Waals surface area contributed by atoms with E-state index in [-0.39, 0.29) is 11.5 Å². The predicted molar refractivity (Wildman–Crippen MR) is 119 cm³/mol. The van der Waals surface area contributed by atoms with E-state index in [9.17, 15) is 4.79 Å². The number of benzene rings is 2. The summed E-state index contributed by atoms with van der Waals surface area (Å²) in [7, 11) is 0. The third-order valence-corrected chi connectivity index (χ3v) is 6.02. The molecule has 0 spiro atoms. The Morgan fingerprint density at radius 1 is 1.00 bits per heavy atom. The number of aryl methyl sites for hydroxylation is 3. The van der Waals surface area contributed by atoms with Gasteiger partial charge in [0.2, 0.25) is 5.16 Å². The number of rotatable bonds is 6. The maximum absolute atomic E-state index is 13.0. The molecule has 0 aliphatic carbocycles. The summed E-state index contributed by atoms with van der Waals surface area (Å²) in [6, 6.07) is 18.1. The molecule has 152 valence electrons. The van der Waals surface area contributed by atoms with Crippen LogP contribution < -0.4 is 0 Å². The molecule has 0 bridgehead atoms. The molecule has 30 heavy (non-hydrogen) atoms. The van der Waals surface area contributed by atoms with Gasteiger partial charge in [-0.3, -0.25) is 4.79 Å². The molecule has 0 N–H and O–H groups in total. The molecule has 0 fully saturated rings. The molecule has 2 aromatic carbocycles. The second-order valence-corrected chi connectivity index (χ2v) is 8.27. The lowest BCUT2D eigenvalue weighted by Gasteiger charge is -2.10. The molecular weight excluding hydrogens is 394 g/mol. The number of tetrazole rings is 1. The summed E-state index contributed by atoms with van der Waals surface area (Å²) >= 11 is 1.35. The lowest BCUT2D eigenvalue weighted by atomic mass is 10.1. The second kappa shape index (κ2) is 8.28. The van der Waals surface area contributed by atoms with E-state index in [0.29, 0.717) is 5.16 Å². The molecule has 0 aliphatic rings. The zero-order valence-corrected chi connectivity index (χ0v) is 18.3. The number of aromatic nitrogens is 5. The molecule has 7 heteroatoms. The number of hydrogen-bond donors (Lipinski definition) is 0. The normalized spacial score (nSPS) is 11.1. The quantitative estimate of drug-likeness (QED) is 0.337. The van der Waals surface area contributed by atoms with Gasteiger partial charge in [0.15, 0.2) is 5.78 Å². The van der Waals surface area contributed by atoms with E-state index >= 15 is 0 Å². The van der Waals surface area contributed by atoms with Gasteiger partial charge >= 0.3 is 0 Å². The molecule has 0 saturated heterocycles. The largest absolute Gasteiger partial charge is 0.318 e. The van der Waals surface area contributed by atoms with Gasteiger partial charge in [0, 0.05) is 22.6 Å². The van der Waals surface area contributed by atoms with Gasteiger partial charge in [0.1, 0.15) is 0 Å². The Kier molecular flexibility index (Phi) is 5.55. The van der Waals surface area contributed by atoms with Gasteiger partial charge in [0.25, 0.3) is 0 Å². The van der Waals surface area contributed by atoms with Crippen LogP contribution >= 0.6 is 11.8 Å². The number of carbonyl (C=O) groups is 1. The van der Waals surface area contributed by atoms with Gasteiger partial charge in [-0.25, -0.2) is 0 Å². The Morgan fingerprint density at radius 3 is 2.50 bits per heavy atom. The van der Waals surface area contributed by atoms with Crippen LogP contribution in [-0.2, 0) is 0 Å². The number of ketones is 1. The van der Waals surface area contributed by atoms with Crippen molar-refractivity contribution in [1.82, 2.24) is 24.8 Å². The van der Waals surface area contributed by atoms with Crippen molar-refractivity contribution >= 4 is 17.5 Å². The van der Waals surface area contributed by atoms with Crippen molar-refractivity contribution in [2.75, 3.05) is 5.75 Å². The molecular formula is C23H23N5OS. The van der Waals surface area contributed by atoms with Gasteiger partial charge in [-0.1, -0.05) is 47.7 Å². The summed E-state index contributed by atoms with van der Waals surface area (Å²) in [6.07, 6.45) is 0. The highest BCUT2D eigenvalue weighted by Crippen LogP contribution is 2.25. The monoisotopic (exact) mass is 417 g/mol. The van der Waals surface area contributed by atoms with Gasteiger partial charge in [-0.05, 0) is 68.0 Å². The summed E-state index contributed by atoms with van der Waals surface area (Å²) in [5, 5.41) is 12.7. The Hall–Kier alpha value is -3.19. The minimum atomic E-state index is 0.0606. The van der Waals surface area contributed by atoms with Gasteiger partial charge in [0.05, 0.1) is 11.4 Å². The fourth-order valence-electron chi connectivity index (χ4n) is 3.69. The van der Waals surface area contributed by atoms with Crippen molar-refractivity contribution in [3.63, 3.8) is 0 Å². The van der Waals surface area contributed by atoms with Crippen LogP contribution in [-0.4, -0.2) is 36.3 Å². The van der Waals surface area contributed by atoms with Crippen LogP contribution in [0.15, 0.2) is 59.8 Å². The Morgan fingerprint density at radius 2 is 1.77 bits per heavy atom. The van der Waals surface area contributed by atoms with Crippen LogP contribution in [0, 0.1) is 27.7 Å². The summed E-state index contributed by atoms with van der Waals surface area (Å²) in [5.74, 6) is 0.329. The topological polar surface area (TPSA) is 65.6 Å². The summed E-state index contributed by atoms with van der Waals surface area (Å²) in [4.78, 5) is 13.0. The number of thioether (sulfide) groups is 1. The number of Topliss-reactive ketones (excluding diaryl/α,β-unsaturated/α-hetero) is 1. The number of hydrogen-bond acceptors (Lipinski definition) is 5. The average molecular weight is 418 g/mol. The van der Waals surface area contributed by atoms with E-state index in [1.165, 1.54) is 17.3 Å². The minimum absolute atomic E-state index is 0.0606. The zero-order chi connectivity index (χ0) is 21.3. The van der Waals surface area contributed by atoms with E-state index in [4.69, 9.17) is 0 Å². The Bertz CT molecular complexity index is 1210. The zero-order valence-electron chi connectivity index (χ0n) is 17.5. The SMILES string of the molecule is Cc1ccc(-n2nnnc2SCC(=O)c2cc(C)n(-c3ccccc3)c2C)c(C)c1. The third-order valence-electron chi connectivity index (χ3n) is 5.10. The van der Waals surface area contributed by atoms with Crippen LogP contribution in [0.1, 0.15) is 32.9 Å². The first-order valence-electron chi connectivity index (χ1n) is 9.72. The molecule has 6 nitrogen and oxygen atoms in total. The van der Waals surface area contributed by atoms with Crippen LogP contribution in [0.25, 0.3) is 11.4 Å². The summed E-state index contributed by atoms with van der Waals surface area (Å²) < 4.78 is 3.80. The Labute approximate surface area is 179 Å². The van der Waals surface area contributed by atoms with Gasteiger partial charge in [-0.15, -0.1) is 5.10 Å². The van der Waals surface area contributed by atoms with E-state index < -0.39 is 0 Å².